The van der Waals surface area contributed by atoms with Crippen molar-refractivity contribution in [3.63, 3.8) is 0 Å². The Bertz CT molecular complexity index is 636. The summed E-state index contributed by atoms with van der Waals surface area (Å²) in [5.74, 6) is 1.46. The number of hydrogen-bond donors (Lipinski definition) is 1. The van der Waals surface area contributed by atoms with Crippen LogP contribution in [0.1, 0.15) is 38.4 Å². The second-order valence-corrected chi connectivity index (χ2v) is 7.13. The highest BCUT2D eigenvalue weighted by Crippen LogP contribution is 2.16. The quantitative estimate of drug-likeness (QED) is 0.713. The number of ether oxygens (including phenoxy) is 1. The SMILES string of the molecule is CC[C@@H](O)CN(Cc1cccn1Cc1cccc(OC)c1)CC(C)C. The zero-order valence-corrected chi connectivity index (χ0v) is 16.0. The molecule has 1 atom stereocenters. The normalized spacial score (nSPS) is 12.8. The Kier molecular flexibility index (Phi) is 7.53. The van der Waals surface area contributed by atoms with E-state index in [-0.39, 0.29) is 6.10 Å². The summed E-state index contributed by atoms with van der Waals surface area (Å²) in [5, 5.41) is 10.1. The molecule has 1 heterocycles. The first-order valence-electron chi connectivity index (χ1n) is 9.19. The molecule has 4 heteroatoms. The smallest absolute Gasteiger partial charge is 0.119 e. The van der Waals surface area contributed by atoms with Crippen molar-refractivity contribution in [1.82, 2.24) is 9.47 Å². The van der Waals surface area contributed by atoms with E-state index in [1.54, 1.807) is 7.11 Å². The van der Waals surface area contributed by atoms with Crippen LogP contribution in [-0.4, -0.2) is 40.9 Å². The van der Waals surface area contributed by atoms with Gasteiger partial charge < -0.3 is 14.4 Å². The fourth-order valence-corrected chi connectivity index (χ4v) is 3.09. The summed E-state index contributed by atoms with van der Waals surface area (Å²) in [6.07, 6.45) is 2.65. The average Bonchev–Trinajstić information content (AvgIpc) is 3.01. The van der Waals surface area contributed by atoms with Gasteiger partial charge in [0.1, 0.15) is 5.75 Å². The van der Waals surface area contributed by atoms with Gasteiger partial charge in [-0.05, 0) is 42.2 Å². The van der Waals surface area contributed by atoms with Crippen molar-refractivity contribution < 1.29 is 9.84 Å². The molecule has 2 rings (SSSR count). The second kappa shape index (κ2) is 9.64. The van der Waals surface area contributed by atoms with Crippen LogP contribution >= 0.6 is 0 Å². The maximum Gasteiger partial charge on any atom is 0.119 e. The third kappa shape index (κ3) is 6.22. The van der Waals surface area contributed by atoms with Gasteiger partial charge in [0.25, 0.3) is 0 Å². The van der Waals surface area contributed by atoms with Crippen LogP contribution in [0.25, 0.3) is 0 Å². The molecule has 138 valence electrons. The first-order valence-corrected chi connectivity index (χ1v) is 9.19. The van der Waals surface area contributed by atoms with Gasteiger partial charge in [-0.25, -0.2) is 0 Å². The van der Waals surface area contributed by atoms with Crippen LogP contribution in [0.3, 0.4) is 0 Å². The largest absolute Gasteiger partial charge is 0.497 e. The third-order valence-corrected chi connectivity index (χ3v) is 4.36. The highest BCUT2D eigenvalue weighted by molar-refractivity contribution is 5.29. The van der Waals surface area contributed by atoms with Crippen molar-refractivity contribution >= 4 is 0 Å². The predicted octanol–water partition coefficient (Wildman–Crippen LogP) is 3.77. The Hall–Kier alpha value is -1.78. The van der Waals surface area contributed by atoms with Crippen LogP contribution < -0.4 is 4.74 Å². The van der Waals surface area contributed by atoms with Gasteiger partial charge in [0, 0.05) is 38.1 Å². The molecule has 0 saturated carbocycles. The number of aliphatic hydroxyl groups excluding tert-OH is 1. The first-order chi connectivity index (χ1) is 12.0. The van der Waals surface area contributed by atoms with Crippen LogP contribution in [0.5, 0.6) is 5.75 Å². The average molecular weight is 344 g/mol. The molecule has 4 nitrogen and oxygen atoms in total. The molecule has 0 aliphatic carbocycles. The lowest BCUT2D eigenvalue weighted by Gasteiger charge is -2.27. The van der Waals surface area contributed by atoms with Gasteiger partial charge in [0.15, 0.2) is 0 Å². The van der Waals surface area contributed by atoms with E-state index in [2.05, 4.69) is 53.8 Å². The minimum atomic E-state index is -0.263. The molecule has 0 aliphatic rings. The van der Waals surface area contributed by atoms with Gasteiger partial charge >= 0.3 is 0 Å². The fraction of sp³-hybridized carbons (Fsp3) is 0.524. The maximum atomic E-state index is 10.1. The van der Waals surface area contributed by atoms with E-state index in [1.807, 2.05) is 19.1 Å². The number of benzene rings is 1. The zero-order valence-electron chi connectivity index (χ0n) is 16.0. The van der Waals surface area contributed by atoms with Crippen molar-refractivity contribution in [2.75, 3.05) is 20.2 Å². The topological polar surface area (TPSA) is 37.6 Å². The van der Waals surface area contributed by atoms with Crippen molar-refractivity contribution in [2.24, 2.45) is 5.92 Å². The lowest BCUT2D eigenvalue weighted by Crippen LogP contribution is -2.35. The summed E-state index contributed by atoms with van der Waals surface area (Å²) in [6.45, 7) is 9.86. The van der Waals surface area contributed by atoms with Crippen LogP contribution in [0, 0.1) is 5.92 Å². The molecular formula is C21H32N2O2. The monoisotopic (exact) mass is 344 g/mol. The minimum Gasteiger partial charge on any atom is -0.497 e. The predicted molar refractivity (Wildman–Crippen MR) is 103 cm³/mol. The molecule has 0 aliphatic heterocycles. The van der Waals surface area contributed by atoms with Crippen molar-refractivity contribution in [1.29, 1.82) is 0 Å². The van der Waals surface area contributed by atoms with Gasteiger partial charge in [0.2, 0.25) is 0 Å². The number of hydrogen-bond acceptors (Lipinski definition) is 3. The zero-order chi connectivity index (χ0) is 18.2. The third-order valence-electron chi connectivity index (χ3n) is 4.36. The van der Waals surface area contributed by atoms with Crippen molar-refractivity contribution in [3.05, 3.63) is 53.9 Å². The van der Waals surface area contributed by atoms with E-state index in [0.29, 0.717) is 5.92 Å². The number of aliphatic hydroxyl groups is 1. The summed E-state index contributed by atoms with van der Waals surface area (Å²) >= 11 is 0. The molecule has 0 bridgehead atoms. The Balaban J connectivity index is 2.09. The molecule has 0 fully saturated rings. The molecule has 0 saturated heterocycles. The maximum absolute atomic E-state index is 10.1. The highest BCUT2D eigenvalue weighted by atomic mass is 16.5. The summed E-state index contributed by atoms with van der Waals surface area (Å²) in [6, 6.07) is 12.5. The summed E-state index contributed by atoms with van der Waals surface area (Å²) < 4.78 is 7.60. The Labute approximate surface area is 152 Å². The van der Waals surface area contributed by atoms with E-state index in [0.717, 1.165) is 38.3 Å². The molecule has 1 aromatic carbocycles. The molecular weight excluding hydrogens is 312 g/mol. The second-order valence-electron chi connectivity index (χ2n) is 7.13. The van der Waals surface area contributed by atoms with Crippen LogP contribution in [0.4, 0.5) is 0 Å². The van der Waals surface area contributed by atoms with Gasteiger partial charge in [-0.15, -0.1) is 0 Å². The molecule has 1 aromatic heterocycles. The lowest BCUT2D eigenvalue weighted by atomic mass is 10.1. The number of rotatable bonds is 10. The van der Waals surface area contributed by atoms with E-state index in [9.17, 15) is 5.11 Å². The molecule has 0 spiro atoms. The van der Waals surface area contributed by atoms with Gasteiger partial charge in [-0.3, -0.25) is 4.90 Å². The van der Waals surface area contributed by atoms with E-state index >= 15 is 0 Å². The Morgan fingerprint density at radius 3 is 2.64 bits per heavy atom. The van der Waals surface area contributed by atoms with Gasteiger partial charge in [-0.1, -0.05) is 32.9 Å². The molecule has 0 unspecified atom stereocenters. The van der Waals surface area contributed by atoms with E-state index in [4.69, 9.17) is 4.74 Å². The number of aromatic nitrogens is 1. The van der Waals surface area contributed by atoms with Crippen molar-refractivity contribution in [3.8, 4) is 5.75 Å². The summed E-state index contributed by atoms with van der Waals surface area (Å²) in [4.78, 5) is 2.36. The number of nitrogens with zero attached hydrogens (tertiary/aromatic N) is 2. The summed E-state index contributed by atoms with van der Waals surface area (Å²) in [7, 11) is 1.70. The summed E-state index contributed by atoms with van der Waals surface area (Å²) in [5.41, 5.74) is 2.49. The van der Waals surface area contributed by atoms with Crippen molar-refractivity contribution in [2.45, 2.75) is 46.4 Å². The Morgan fingerprint density at radius 1 is 1.16 bits per heavy atom. The van der Waals surface area contributed by atoms with E-state index < -0.39 is 0 Å². The van der Waals surface area contributed by atoms with Gasteiger partial charge in [-0.2, -0.15) is 0 Å². The number of methoxy groups -OCH3 is 1. The standard InChI is InChI=1S/C21H32N2O2/c1-5-20(24)16-22(13-17(2)3)15-19-9-7-11-23(19)14-18-8-6-10-21(12-18)25-4/h6-12,17,20,24H,5,13-16H2,1-4H3/t20-/m1/s1. The van der Waals surface area contributed by atoms with Crippen LogP contribution in [0.15, 0.2) is 42.6 Å². The Morgan fingerprint density at radius 2 is 1.96 bits per heavy atom. The fourth-order valence-electron chi connectivity index (χ4n) is 3.09. The molecule has 0 radical (unpaired) electrons. The molecule has 1 N–H and O–H groups in total. The van der Waals surface area contributed by atoms with E-state index in [1.165, 1.54) is 11.3 Å². The van der Waals surface area contributed by atoms with Crippen LogP contribution in [-0.2, 0) is 13.1 Å². The highest BCUT2D eigenvalue weighted by Gasteiger charge is 2.14. The van der Waals surface area contributed by atoms with Crippen LogP contribution in [0.2, 0.25) is 0 Å². The first kappa shape index (κ1) is 19.5. The molecule has 25 heavy (non-hydrogen) atoms. The minimum absolute atomic E-state index is 0.263. The lowest BCUT2D eigenvalue weighted by molar-refractivity contribution is 0.0973. The molecule has 0 amide bonds. The molecule has 2 aromatic rings. The van der Waals surface area contributed by atoms with Gasteiger partial charge in [0.05, 0.1) is 13.2 Å².